The Morgan fingerprint density at radius 3 is 2.82 bits per heavy atom. The van der Waals surface area contributed by atoms with Crippen molar-refractivity contribution < 1.29 is 14.7 Å². The van der Waals surface area contributed by atoms with E-state index in [4.69, 9.17) is 9.57 Å². The molecule has 1 fully saturated rings. The van der Waals surface area contributed by atoms with E-state index in [2.05, 4.69) is 4.90 Å². The average Bonchev–Trinajstić information content (AvgIpc) is 2.48. The van der Waals surface area contributed by atoms with E-state index in [1.165, 1.54) is 0 Å². The zero-order chi connectivity index (χ0) is 16.2. The summed E-state index contributed by atoms with van der Waals surface area (Å²) in [6.07, 6.45) is 3.57. The first-order chi connectivity index (χ1) is 10.5. The highest BCUT2D eigenvalue weighted by atomic mass is 17.0. The highest BCUT2D eigenvalue weighted by Crippen LogP contribution is 2.45. The molecule has 1 aromatic carbocycles. The van der Waals surface area contributed by atoms with Gasteiger partial charge in [0.1, 0.15) is 11.4 Å². The van der Waals surface area contributed by atoms with Gasteiger partial charge in [-0.15, -0.1) is 10.1 Å². The second-order valence-electron chi connectivity index (χ2n) is 6.14. The summed E-state index contributed by atoms with van der Waals surface area (Å²) in [5, 5.41) is 10.5. The highest BCUT2D eigenvalue weighted by Gasteiger charge is 2.46. The molecule has 0 unspecified atom stereocenters. The number of hydrogen-bond donors (Lipinski definition) is 0. The molecule has 1 saturated carbocycles. The minimum absolute atomic E-state index is 0.0776. The summed E-state index contributed by atoms with van der Waals surface area (Å²) in [5.41, 5.74) is -0.0595. The molecule has 0 bridgehead atoms. The van der Waals surface area contributed by atoms with E-state index in [1.807, 2.05) is 38.4 Å². The van der Waals surface area contributed by atoms with Crippen LogP contribution in [0.4, 0.5) is 0 Å². The topological polar surface area (TPSA) is 64.8 Å². The third-order valence-electron chi connectivity index (χ3n) is 4.39. The number of methoxy groups -OCH3 is 1. The van der Waals surface area contributed by atoms with Crippen molar-refractivity contribution in [3.8, 4) is 5.75 Å². The lowest BCUT2D eigenvalue weighted by Gasteiger charge is -2.43. The molecular formula is C16H24N2O4. The summed E-state index contributed by atoms with van der Waals surface area (Å²) in [7, 11) is 5.56. The average molecular weight is 308 g/mol. The standard InChI is InChI=1S/C16H24N2O4/c1-17(2)12-14-7-4-5-10-16(14,22-18(19)20)13-8-6-9-15(11-13)21-3/h6,8-9,11,14H,4-5,7,10,12H2,1-3H3/t14-,16+/m1/s1. The third-order valence-corrected chi connectivity index (χ3v) is 4.39. The first kappa shape index (κ1) is 16.5. The molecule has 1 aromatic rings. The second kappa shape index (κ2) is 6.96. The molecule has 0 heterocycles. The van der Waals surface area contributed by atoms with E-state index >= 15 is 0 Å². The van der Waals surface area contributed by atoms with Crippen molar-refractivity contribution in [1.29, 1.82) is 0 Å². The molecule has 0 spiro atoms. The van der Waals surface area contributed by atoms with E-state index in [0.29, 0.717) is 12.2 Å². The summed E-state index contributed by atoms with van der Waals surface area (Å²) in [6.45, 7) is 0.755. The predicted octanol–water partition coefficient (Wildman–Crippen LogP) is 2.85. The Morgan fingerprint density at radius 1 is 1.41 bits per heavy atom. The minimum Gasteiger partial charge on any atom is -0.497 e. The monoisotopic (exact) mass is 308 g/mol. The van der Waals surface area contributed by atoms with Crippen LogP contribution < -0.4 is 4.74 Å². The largest absolute Gasteiger partial charge is 0.497 e. The normalized spacial score (nSPS) is 25.0. The van der Waals surface area contributed by atoms with Gasteiger partial charge in [0, 0.05) is 12.5 Å². The van der Waals surface area contributed by atoms with Crippen LogP contribution in [0.1, 0.15) is 31.2 Å². The first-order valence-electron chi connectivity index (χ1n) is 7.60. The number of hydrogen-bond acceptors (Lipinski definition) is 5. The fourth-order valence-electron chi connectivity index (χ4n) is 3.47. The third kappa shape index (κ3) is 3.50. The molecule has 0 saturated heterocycles. The van der Waals surface area contributed by atoms with Gasteiger partial charge in [-0.25, -0.2) is 0 Å². The molecule has 0 radical (unpaired) electrons. The van der Waals surface area contributed by atoms with E-state index in [0.717, 1.165) is 31.4 Å². The fourth-order valence-corrected chi connectivity index (χ4v) is 3.47. The molecule has 0 amide bonds. The van der Waals surface area contributed by atoms with Crippen LogP contribution in [-0.2, 0) is 10.4 Å². The van der Waals surface area contributed by atoms with Crippen LogP contribution >= 0.6 is 0 Å². The van der Waals surface area contributed by atoms with Crippen LogP contribution in [0.25, 0.3) is 0 Å². The molecule has 1 aliphatic rings. The Kier molecular flexibility index (Phi) is 5.24. The maximum Gasteiger partial charge on any atom is 0.295 e. The highest BCUT2D eigenvalue weighted by molar-refractivity contribution is 5.33. The summed E-state index contributed by atoms with van der Waals surface area (Å²) in [4.78, 5) is 18.6. The van der Waals surface area contributed by atoms with Crippen molar-refractivity contribution in [1.82, 2.24) is 4.90 Å². The first-order valence-corrected chi connectivity index (χ1v) is 7.60. The molecule has 0 aromatic heterocycles. The van der Waals surface area contributed by atoms with Gasteiger partial charge in [0.25, 0.3) is 5.09 Å². The van der Waals surface area contributed by atoms with Crippen molar-refractivity contribution >= 4 is 0 Å². The Morgan fingerprint density at radius 2 is 2.18 bits per heavy atom. The van der Waals surface area contributed by atoms with Crippen LogP contribution in [0.5, 0.6) is 5.75 Å². The Labute approximate surface area is 131 Å². The zero-order valence-corrected chi connectivity index (χ0v) is 13.4. The van der Waals surface area contributed by atoms with Crippen LogP contribution in [-0.4, -0.2) is 37.7 Å². The summed E-state index contributed by atoms with van der Waals surface area (Å²) in [6, 6.07) is 7.46. The van der Waals surface area contributed by atoms with Gasteiger partial charge in [-0.1, -0.05) is 25.0 Å². The van der Waals surface area contributed by atoms with Crippen molar-refractivity contribution in [3.05, 3.63) is 39.9 Å². The van der Waals surface area contributed by atoms with Crippen molar-refractivity contribution in [2.45, 2.75) is 31.3 Å². The van der Waals surface area contributed by atoms with Gasteiger partial charge >= 0.3 is 0 Å². The van der Waals surface area contributed by atoms with Crippen LogP contribution in [0.3, 0.4) is 0 Å². The molecule has 2 atom stereocenters. The number of nitrogens with zero attached hydrogens (tertiary/aromatic N) is 2. The van der Waals surface area contributed by atoms with E-state index in [9.17, 15) is 10.1 Å². The Bertz CT molecular complexity index is 521. The molecule has 0 aliphatic heterocycles. The summed E-state index contributed by atoms with van der Waals surface area (Å²) < 4.78 is 5.28. The molecule has 1 aliphatic carbocycles. The van der Waals surface area contributed by atoms with Gasteiger partial charge < -0.3 is 14.5 Å². The fraction of sp³-hybridized carbons (Fsp3) is 0.625. The van der Waals surface area contributed by atoms with Crippen LogP contribution in [0, 0.1) is 16.0 Å². The van der Waals surface area contributed by atoms with Gasteiger partial charge in [0.2, 0.25) is 0 Å². The number of benzene rings is 1. The van der Waals surface area contributed by atoms with Crippen molar-refractivity contribution in [2.24, 2.45) is 5.92 Å². The van der Waals surface area contributed by atoms with Gasteiger partial charge in [0.15, 0.2) is 0 Å². The Hall–Kier alpha value is -1.82. The number of rotatable bonds is 6. The van der Waals surface area contributed by atoms with Gasteiger partial charge in [-0.05, 0) is 44.6 Å². The molecule has 122 valence electrons. The van der Waals surface area contributed by atoms with Gasteiger partial charge in [-0.2, -0.15) is 0 Å². The van der Waals surface area contributed by atoms with Crippen molar-refractivity contribution in [3.63, 3.8) is 0 Å². The SMILES string of the molecule is COc1cccc([C@@]2(O[N+](=O)[O-])CCCC[C@@H]2CN(C)C)c1. The molecule has 22 heavy (non-hydrogen) atoms. The van der Waals surface area contributed by atoms with E-state index in [-0.39, 0.29) is 5.92 Å². The zero-order valence-electron chi connectivity index (χ0n) is 13.4. The van der Waals surface area contributed by atoms with Gasteiger partial charge in [-0.3, -0.25) is 0 Å². The quantitative estimate of drug-likeness (QED) is 0.597. The maximum absolute atomic E-state index is 11.2. The molecule has 0 N–H and O–H groups in total. The molecule has 6 heteroatoms. The molecule has 2 rings (SSSR count). The van der Waals surface area contributed by atoms with Crippen molar-refractivity contribution in [2.75, 3.05) is 27.7 Å². The van der Waals surface area contributed by atoms with E-state index < -0.39 is 10.7 Å². The lowest BCUT2D eigenvalue weighted by molar-refractivity contribution is -0.788. The van der Waals surface area contributed by atoms with E-state index in [1.54, 1.807) is 7.11 Å². The minimum atomic E-state index is -0.888. The number of ether oxygens (including phenoxy) is 1. The second-order valence-corrected chi connectivity index (χ2v) is 6.14. The lowest BCUT2D eigenvalue weighted by atomic mass is 9.71. The summed E-state index contributed by atoms with van der Waals surface area (Å²) in [5.74, 6) is 0.770. The molecule has 6 nitrogen and oxygen atoms in total. The predicted molar refractivity (Wildman–Crippen MR) is 83.3 cm³/mol. The lowest BCUT2D eigenvalue weighted by Crippen LogP contribution is -2.46. The maximum atomic E-state index is 11.2. The van der Waals surface area contributed by atoms with Crippen LogP contribution in [0.2, 0.25) is 0 Å². The Balaban J connectivity index is 2.45. The van der Waals surface area contributed by atoms with Gasteiger partial charge in [0.05, 0.1) is 7.11 Å². The smallest absolute Gasteiger partial charge is 0.295 e. The molecular weight excluding hydrogens is 284 g/mol. The van der Waals surface area contributed by atoms with Crippen LogP contribution in [0.15, 0.2) is 24.3 Å². The summed E-state index contributed by atoms with van der Waals surface area (Å²) >= 11 is 0.